The quantitative estimate of drug-likeness (QED) is 0.0807. The lowest BCUT2D eigenvalue weighted by molar-refractivity contribution is 0.0686. The number of carbonyl (C=O) groups excluding carboxylic acids is 1. The van der Waals surface area contributed by atoms with E-state index in [-0.39, 0.29) is 33.5 Å². The number of aliphatic imine (C=N–C) groups is 2. The number of hydrogen-bond donors (Lipinski definition) is 3. The van der Waals surface area contributed by atoms with Gasteiger partial charge in [0.2, 0.25) is 16.6 Å². The van der Waals surface area contributed by atoms with Crippen LogP contribution < -0.4 is 31.4 Å². The van der Waals surface area contributed by atoms with E-state index in [4.69, 9.17) is 53.5 Å². The molecule has 12 aromatic rings. The van der Waals surface area contributed by atoms with Crippen molar-refractivity contribution in [2.24, 2.45) is 24.1 Å². The first-order valence-electron chi connectivity index (χ1n) is 28.0. The molecule has 19 nitrogen and oxygen atoms in total. The Hall–Kier alpha value is -12.2. The molecule has 0 bridgehead atoms. The molecule has 0 fully saturated rings. The average molecular weight is 1280 g/mol. The van der Waals surface area contributed by atoms with Crippen molar-refractivity contribution in [3.05, 3.63) is 319 Å². The molecule has 6 aromatic carbocycles. The molecule has 0 spiro atoms. The van der Waals surface area contributed by atoms with E-state index in [1.807, 2.05) is 121 Å². The van der Waals surface area contributed by atoms with Crippen molar-refractivity contribution in [1.82, 2.24) is 39.5 Å². The van der Waals surface area contributed by atoms with E-state index in [1.165, 1.54) is 95.8 Å². The van der Waals surface area contributed by atoms with Gasteiger partial charge in [-0.2, -0.15) is 10.2 Å². The average Bonchev–Trinajstić information content (AvgIpc) is 1.30. The number of anilines is 2. The number of aromatic nitrogens is 8. The van der Waals surface area contributed by atoms with Gasteiger partial charge in [-0.1, -0.05) is 169 Å². The Morgan fingerprint density at radius 2 is 0.892 bits per heavy atom. The van der Waals surface area contributed by atoms with Crippen LogP contribution in [-0.4, -0.2) is 67.9 Å². The van der Waals surface area contributed by atoms with Crippen LogP contribution in [0.1, 0.15) is 43.2 Å². The standard InChI is InChI=1S/C35H24ClFN6O3.C23H17ClN4O.C12H9FN2O3/c1-43-21-27(22-12-14-25(37)15-13-22)33(44)32(42-43)35(45)40-29-17-16-26(20-39-29)46-28-18-19-38-34(30(28)36)41-31(23-8-4-2-5-9-23)24-10-6-3-7-11-24;24-21-19(29-18-11-12-20(25)27-15-18)13-14-26-23(21)28-22(16-7-3-1-4-8-16)17-9-5-2-6-10-17;1-15-6-9(7-2-4-8(13)5-3-7)11(16)10(14-15)12(17)18/h2-21H,1H3,(H,39,40,45);1-15H,(H2,25,27);2-6H,1H3,(H,17,18). The fraction of sp³-hybridized carbons (Fsp3) is 0.0286. The highest BCUT2D eigenvalue weighted by atomic mass is 35.5. The second-order valence-corrected chi connectivity index (χ2v) is 20.6. The summed E-state index contributed by atoms with van der Waals surface area (Å²) in [5.74, 6) is -0.188. The van der Waals surface area contributed by atoms with E-state index in [0.29, 0.717) is 56.5 Å². The number of hydrogen-bond acceptors (Lipinski definition) is 15. The number of nitrogens with one attached hydrogen (secondary N) is 1. The molecule has 23 heteroatoms. The highest BCUT2D eigenvalue weighted by Crippen LogP contribution is 2.37. The number of amides is 1. The number of rotatable bonds is 15. The summed E-state index contributed by atoms with van der Waals surface area (Å²) in [5, 5.41) is 19.6. The first kappa shape index (κ1) is 63.8. The molecular formula is C70H50Cl2F2N12O7. The van der Waals surface area contributed by atoms with Gasteiger partial charge in [0.05, 0.1) is 23.8 Å². The second kappa shape index (κ2) is 29.9. The molecule has 0 aliphatic rings. The van der Waals surface area contributed by atoms with Crippen LogP contribution >= 0.6 is 23.2 Å². The van der Waals surface area contributed by atoms with Gasteiger partial charge < -0.3 is 25.6 Å². The van der Waals surface area contributed by atoms with Gasteiger partial charge in [0.25, 0.3) is 5.91 Å². The molecular weight excluding hydrogens is 1230 g/mol. The summed E-state index contributed by atoms with van der Waals surface area (Å²) in [6, 6.07) is 59.7. The van der Waals surface area contributed by atoms with Crippen molar-refractivity contribution in [2.45, 2.75) is 0 Å². The number of carboxylic acids is 1. The second-order valence-electron chi connectivity index (χ2n) is 19.8. The lowest BCUT2D eigenvalue weighted by atomic mass is 10.0. The van der Waals surface area contributed by atoms with Gasteiger partial charge in [-0.05, 0) is 59.7 Å². The number of benzene rings is 6. The summed E-state index contributed by atoms with van der Waals surface area (Å²) >= 11 is 13.3. The van der Waals surface area contributed by atoms with Crippen LogP contribution in [0.3, 0.4) is 0 Å². The van der Waals surface area contributed by atoms with Gasteiger partial charge in [-0.15, -0.1) is 0 Å². The number of pyridine rings is 4. The normalized spacial score (nSPS) is 10.5. The third-order valence-corrected chi connectivity index (χ3v) is 14.0. The highest BCUT2D eigenvalue weighted by molar-refractivity contribution is 6.35. The summed E-state index contributed by atoms with van der Waals surface area (Å²) < 4.78 is 40.6. The van der Waals surface area contributed by atoms with Gasteiger partial charge in [0, 0.05) is 84.4 Å². The zero-order valence-corrected chi connectivity index (χ0v) is 50.6. The number of carboxylic acid groups (broad SMARTS) is 1. The van der Waals surface area contributed by atoms with Gasteiger partial charge in [0.1, 0.15) is 44.8 Å². The molecule has 12 rings (SSSR count). The van der Waals surface area contributed by atoms with E-state index in [9.17, 15) is 28.0 Å². The predicted octanol–water partition coefficient (Wildman–Crippen LogP) is 14.2. The molecule has 0 unspecified atom stereocenters. The Balaban J connectivity index is 0.000000170. The number of aromatic carboxylic acids is 1. The topological polar surface area (TPSA) is 257 Å². The number of nitrogen functional groups attached to an aromatic ring is 1. The zero-order chi connectivity index (χ0) is 65.4. The molecule has 1 amide bonds. The molecule has 0 atom stereocenters. The van der Waals surface area contributed by atoms with E-state index in [2.05, 4.69) is 35.5 Å². The van der Waals surface area contributed by atoms with Crippen LogP contribution in [0.15, 0.2) is 263 Å². The summed E-state index contributed by atoms with van der Waals surface area (Å²) in [7, 11) is 3.09. The fourth-order valence-corrected chi connectivity index (χ4v) is 9.28. The minimum Gasteiger partial charge on any atom is -0.476 e. The number of ether oxygens (including phenoxy) is 2. The summed E-state index contributed by atoms with van der Waals surface area (Å²) in [6.45, 7) is 0. The van der Waals surface area contributed by atoms with Crippen molar-refractivity contribution in [3.8, 4) is 45.3 Å². The third kappa shape index (κ3) is 16.4. The monoisotopic (exact) mass is 1280 g/mol. The molecule has 4 N–H and O–H groups in total. The Morgan fingerprint density at radius 1 is 0.505 bits per heavy atom. The van der Waals surface area contributed by atoms with Crippen molar-refractivity contribution >= 4 is 69.8 Å². The predicted molar refractivity (Wildman–Crippen MR) is 353 cm³/mol. The van der Waals surface area contributed by atoms with Crippen molar-refractivity contribution in [3.63, 3.8) is 0 Å². The van der Waals surface area contributed by atoms with Crippen molar-refractivity contribution < 1.29 is 33.0 Å². The summed E-state index contributed by atoms with van der Waals surface area (Å²) in [6.07, 6.45) is 8.97. The van der Waals surface area contributed by atoms with Gasteiger partial charge in [0.15, 0.2) is 28.8 Å². The van der Waals surface area contributed by atoms with E-state index >= 15 is 0 Å². The fourth-order valence-electron chi connectivity index (χ4n) is 8.90. The van der Waals surface area contributed by atoms with Crippen molar-refractivity contribution in [1.29, 1.82) is 0 Å². The maximum Gasteiger partial charge on any atom is 0.360 e. The van der Waals surface area contributed by atoms with Crippen molar-refractivity contribution in [2.75, 3.05) is 11.1 Å². The first-order valence-corrected chi connectivity index (χ1v) is 28.7. The number of carbonyl (C=O) groups is 2. The molecule has 0 saturated heterocycles. The maximum atomic E-state index is 13.4. The smallest absolute Gasteiger partial charge is 0.360 e. The summed E-state index contributed by atoms with van der Waals surface area (Å²) in [4.78, 5) is 75.4. The van der Waals surface area contributed by atoms with Crippen LogP contribution in [0.4, 0.5) is 32.1 Å². The van der Waals surface area contributed by atoms with Crippen LogP contribution in [0.2, 0.25) is 10.0 Å². The highest BCUT2D eigenvalue weighted by Gasteiger charge is 2.21. The van der Waals surface area contributed by atoms with Gasteiger partial charge in [-0.25, -0.2) is 43.5 Å². The maximum absolute atomic E-state index is 13.4. The van der Waals surface area contributed by atoms with E-state index in [0.717, 1.165) is 28.0 Å². The Labute approximate surface area is 539 Å². The SMILES string of the molecule is Cn1cc(-c2ccc(F)cc2)c(=O)c(C(=O)Nc2ccc(Oc3ccnc(N=C(c4ccccc4)c4ccccc4)c3Cl)cn2)n1.Cn1cc(-c2ccc(F)cc2)c(=O)c(C(=O)O)n1.Nc1ccc(Oc2ccnc(N=C(c3ccccc3)c3ccccc3)c2Cl)cn1. The molecule has 6 heterocycles. The molecule has 0 radical (unpaired) electrons. The van der Waals surface area contributed by atoms with Crippen LogP contribution in [0.25, 0.3) is 22.3 Å². The summed E-state index contributed by atoms with van der Waals surface area (Å²) in [5.41, 5.74) is 9.90. The Morgan fingerprint density at radius 3 is 1.27 bits per heavy atom. The molecule has 6 aromatic heterocycles. The largest absolute Gasteiger partial charge is 0.476 e. The number of nitrogens with two attached hydrogens (primary N) is 1. The third-order valence-electron chi connectivity index (χ3n) is 13.3. The van der Waals surface area contributed by atoms with Crippen LogP contribution in [-0.2, 0) is 14.1 Å². The van der Waals surface area contributed by atoms with Crippen LogP contribution in [0.5, 0.6) is 23.0 Å². The first-order chi connectivity index (χ1) is 45.0. The lowest BCUT2D eigenvalue weighted by Crippen LogP contribution is -2.27. The van der Waals surface area contributed by atoms with E-state index in [1.54, 1.807) is 49.8 Å². The lowest BCUT2D eigenvalue weighted by Gasteiger charge is -2.11. The van der Waals surface area contributed by atoms with E-state index < -0.39 is 40.1 Å². The number of aryl methyl sites for hydroxylation is 2. The number of nitrogens with zero attached hydrogens (tertiary/aromatic N) is 10. The minimum atomic E-state index is -1.39. The molecule has 460 valence electrons. The van der Waals surface area contributed by atoms with Crippen LogP contribution in [0, 0.1) is 11.6 Å². The minimum absolute atomic E-state index is 0.162. The number of halogens is 4. The Bertz CT molecular complexity index is 4720. The molecule has 93 heavy (non-hydrogen) atoms. The van der Waals surface area contributed by atoms with Gasteiger partial charge in [-0.3, -0.25) is 23.7 Å². The molecule has 0 aliphatic carbocycles. The molecule has 0 aliphatic heterocycles. The Kier molecular flexibility index (Phi) is 20.5. The zero-order valence-electron chi connectivity index (χ0n) is 49.1. The molecule has 0 saturated carbocycles. The van der Waals surface area contributed by atoms with Gasteiger partial charge >= 0.3 is 5.97 Å².